The number of hydrogen-bond donors (Lipinski definition) is 1. The topological polar surface area (TPSA) is 60.9 Å². The SMILES string of the molecule is CC1CN(C(=O)N2CC(C(=O)O)c3ccccc32)CCS1. The van der Waals surface area contributed by atoms with E-state index in [4.69, 9.17) is 0 Å². The van der Waals surface area contributed by atoms with Crippen molar-refractivity contribution in [2.24, 2.45) is 0 Å². The highest BCUT2D eigenvalue weighted by atomic mass is 32.2. The number of benzene rings is 1. The number of carboxylic acid groups (broad SMARTS) is 1. The van der Waals surface area contributed by atoms with Crippen LogP contribution >= 0.6 is 11.8 Å². The summed E-state index contributed by atoms with van der Waals surface area (Å²) >= 11 is 1.87. The number of para-hydroxylation sites is 1. The molecule has 0 spiro atoms. The van der Waals surface area contributed by atoms with E-state index in [-0.39, 0.29) is 12.6 Å². The van der Waals surface area contributed by atoms with Crippen LogP contribution in [0.5, 0.6) is 0 Å². The van der Waals surface area contributed by atoms with E-state index in [1.165, 1.54) is 0 Å². The van der Waals surface area contributed by atoms with Gasteiger partial charge in [0.15, 0.2) is 0 Å². The van der Waals surface area contributed by atoms with Crippen LogP contribution in [0, 0.1) is 0 Å². The second-order valence-electron chi connectivity index (χ2n) is 5.47. The minimum Gasteiger partial charge on any atom is -0.481 e. The van der Waals surface area contributed by atoms with Gasteiger partial charge < -0.3 is 10.0 Å². The highest BCUT2D eigenvalue weighted by molar-refractivity contribution is 7.99. The van der Waals surface area contributed by atoms with Crippen molar-refractivity contribution in [1.82, 2.24) is 4.90 Å². The number of carboxylic acids is 1. The van der Waals surface area contributed by atoms with E-state index in [2.05, 4.69) is 6.92 Å². The Balaban J connectivity index is 1.86. The first-order chi connectivity index (χ1) is 10.1. The molecule has 1 fully saturated rings. The largest absolute Gasteiger partial charge is 0.481 e. The summed E-state index contributed by atoms with van der Waals surface area (Å²) in [6, 6.07) is 7.23. The van der Waals surface area contributed by atoms with Crippen LogP contribution in [0.3, 0.4) is 0 Å². The van der Waals surface area contributed by atoms with Gasteiger partial charge in [0.1, 0.15) is 5.92 Å². The number of thioether (sulfide) groups is 1. The van der Waals surface area contributed by atoms with Crippen LogP contribution in [0.25, 0.3) is 0 Å². The maximum absolute atomic E-state index is 12.7. The van der Waals surface area contributed by atoms with E-state index in [9.17, 15) is 14.7 Å². The summed E-state index contributed by atoms with van der Waals surface area (Å²) < 4.78 is 0. The predicted molar refractivity (Wildman–Crippen MR) is 83.1 cm³/mol. The first kappa shape index (κ1) is 14.3. The zero-order chi connectivity index (χ0) is 15.0. The molecular weight excluding hydrogens is 288 g/mol. The first-order valence-corrected chi connectivity index (χ1v) is 8.12. The van der Waals surface area contributed by atoms with Crippen LogP contribution in [0.1, 0.15) is 18.4 Å². The van der Waals surface area contributed by atoms with Gasteiger partial charge in [0.2, 0.25) is 0 Å². The molecule has 2 aliphatic rings. The molecule has 1 aromatic carbocycles. The van der Waals surface area contributed by atoms with E-state index in [1.807, 2.05) is 34.9 Å². The quantitative estimate of drug-likeness (QED) is 0.864. The molecular formula is C15H18N2O3S. The summed E-state index contributed by atoms with van der Waals surface area (Å²) in [7, 11) is 0. The highest BCUT2D eigenvalue weighted by Gasteiger charge is 2.38. The molecule has 5 nitrogen and oxygen atoms in total. The lowest BCUT2D eigenvalue weighted by Crippen LogP contribution is -2.48. The van der Waals surface area contributed by atoms with Crippen molar-refractivity contribution < 1.29 is 14.7 Å². The Morgan fingerprint density at radius 3 is 2.76 bits per heavy atom. The molecule has 0 bridgehead atoms. The number of rotatable bonds is 1. The molecule has 2 unspecified atom stereocenters. The molecule has 21 heavy (non-hydrogen) atoms. The van der Waals surface area contributed by atoms with Crippen LogP contribution in [-0.2, 0) is 4.79 Å². The van der Waals surface area contributed by atoms with Gasteiger partial charge in [-0.05, 0) is 11.6 Å². The lowest BCUT2D eigenvalue weighted by atomic mass is 10.0. The van der Waals surface area contributed by atoms with Crippen LogP contribution in [0.2, 0.25) is 0 Å². The number of amides is 2. The van der Waals surface area contributed by atoms with Crippen molar-refractivity contribution in [3.63, 3.8) is 0 Å². The molecule has 3 rings (SSSR count). The van der Waals surface area contributed by atoms with Crippen molar-refractivity contribution in [2.75, 3.05) is 30.3 Å². The standard InChI is InChI=1S/C15H18N2O3S/c1-10-8-16(6-7-21-10)15(20)17-9-12(14(18)19)11-4-2-3-5-13(11)17/h2-5,10,12H,6-9H2,1H3,(H,18,19). The van der Waals surface area contributed by atoms with Crippen LogP contribution < -0.4 is 4.90 Å². The number of urea groups is 1. The van der Waals surface area contributed by atoms with Crippen molar-refractivity contribution >= 4 is 29.4 Å². The molecule has 0 saturated carbocycles. The van der Waals surface area contributed by atoms with Gasteiger partial charge >= 0.3 is 12.0 Å². The molecule has 2 heterocycles. The summed E-state index contributed by atoms with van der Waals surface area (Å²) in [5, 5.41) is 9.78. The van der Waals surface area contributed by atoms with Crippen LogP contribution in [0.4, 0.5) is 10.5 Å². The normalized spacial score (nSPS) is 24.8. The lowest BCUT2D eigenvalue weighted by Gasteiger charge is -2.33. The molecule has 2 atom stereocenters. The third kappa shape index (κ3) is 2.60. The summed E-state index contributed by atoms with van der Waals surface area (Å²) in [5.74, 6) is -0.563. The molecule has 2 aliphatic heterocycles. The third-order valence-electron chi connectivity index (χ3n) is 4.01. The zero-order valence-electron chi connectivity index (χ0n) is 11.9. The van der Waals surface area contributed by atoms with Crippen molar-refractivity contribution in [1.29, 1.82) is 0 Å². The Morgan fingerprint density at radius 1 is 1.29 bits per heavy atom. The van der Waals surface area contributed by atoms with Crippen molar-refractivity contribution in [2.45, 2.75) is 18.1 Å². The maximum Gasteiger partial charge on any atom is 0.324 e. The molecule has 112 valence electrons. The Morgan fingerprint density at radius 2 is 2.05 bits per heavy atom. The van der Waals surface area contributed by atoms with Crippen molar-refractivity contribution in [3.8, 4) is 0 Å². The number of carbonyl (C=O) groups excluding carboxylic acids is 1. The Bertz CT molecular complexity index is 578. The number of nitrogens with zero attached hydrogens (tertiary/aromatic N) is 2. The second-order valence-corrected chi connectivity index (χ2v) is 7.02. The van der Waals surface area contributed by atoms with Gasteiger partial charge in [-0.3, -0.25) is 9.69 Å². The van der Waals surface area contributed by atoms with Gasteiger partial charge in [-0.15, -0.1) is 0 Å². The fourth-order valence-electron chi connectivity index (χ4n) is 2.96. The Hall–Kier alpha value is -1.69. The second kappa shape index (κ2) is 5.60. The molecule has 0 radical (unpaired) electrons. The minimum absolute atomic E-state index is 0.0710. The highest BCUT2D eigenvalue weighted by Crippen LogP contribution is 2.37. The van der Waals surface area contributed by atoms with E-state index in [1.54, 1.807) is 11.0 Å². The Kier molecular flexibility index (Phi) is 3.80. The van der Waals surface area contributed by atoms with Gasteiger partial charge in [-0.2, -0.15) is 11.8 Å². The summed E-state index contributed by atoms with van der Waals surface area (Å²) in [4.78, 5) is 27.6. The van der Waals surface area contributed by atoms with E-state index < -0.39 is 11.9 Å². The smallest absolute Gasteiger partial charge is 0.324 e. The van der Waals surface area contributed by atoms with Gasteiger partial charge in [-0.25, -0.2) is 4.79 Å². The first-order valence-electron chi connectivity index (χ1n) is 7.07. The van der Waals surface area contributed by atoms with Gasteiger partial charge in [0, 0.05) is 36.3 Å². The van der Waals surface area contributed by atoms with Crippen molar-refractivity contribution in [3.05, 3.63) is 29.8 Å². The average molecular weight is 306 g/mol. The third-order valence-corrected chi connectivity index (χ3v) is 5.15. The minimum atomic E-state index is -0.875. The molecule has 0 aliphatic carbocycles. The summed E-state index contributed by atoms with van der Waals surface area (Å²) in [6.45, 7) is 3.79. The molecule has 0 aromatic heterocycles. The molecule has 2 amide bonds. The average Bonchev–Trinajstić information content (AvgIpc) is 2.86. The van der Waals surface area contributed by atoms with Gasteiger partial charge in [-0.1, -0.05) is 25.1 Å². The number of fused-ring (bicyclic) bond motifs is 1. The molecule has 1 saturated heterocycles. The van der Waals surface area contributed by atoms with Crippen LogP contribution in [0.15, 0.2) is 24.3 Å². The fourth-order valence-corrected chi connectivity index (χ4v) is 3.98. The zero-order valence-corrected chi connectivity index (χ0v) is 12.7. The predicted octanol–water partition coefficient (Wildman–Crippen LogP) is 2.23. The summed E-state index contributed by atoms with van der Waals surface area (Å²) in [5.41, 5.74) is 1.47. The van der Waals surface area contributed by atoms with E-state index >= 15 is 0 Å². The maximum atomic E-state index is 12.7. The van der Waals surface area contributed by atoms with E-state index in [0.29, 0.717) is 5.25 Å². The summed E-state index contributed by atoms with van der Waals surface area (Å²) in [6.07, 6.45) is 0. The number of aliphatic carboxylic acids is 1. The monoisotopic (exact) mass is 306 g/mol. The lowest BCUT2D eigenvalue weighted by molar-refractivity contribution is -0.138. The number of anilines is 1. The fraction of sp³-hybridized carbons (Fsp3) is 0.467. The Labute approximate surface area is 127 Å². The molecule has 1 N–H and O–H groups in total. The molecule has 6 heteroatoms. The van der Waals surface area contributed by atoms with Gasteiger partial charge in [0.25, 0.3) is 0 Å². The van der Waals surface area contributed by atoms with Gasteiger partial charge in [0.05, 0.1) is 0 Å². The molecule has 1 aromatic rings. The number of hydrogen-bond acceptors (Lipinski definition) is 3. The number of carbonyl (C=O) groups is 2. The van der Waals surface area contributed by atoms with Crippen LogP contribution in [-0.4, -0.2) is 52.6 Å². The van der Waals surface area contributed by atoms with E-state index in [0.717, 1.165) is 30.1 Å².